The quantitative estimate of drug-likeness (QED) is 0.748. The Labute approximate surface area is 150 Å². The molecule has 7 heteroatoms. The third-order valence-electron chi connectivity index (χ3n) is 3.94. The van der Waals surface area contributed by atoms with Gasteiger partial charge in [-0.3, -0.25) is 9.69 Å². The molecule has 0 radical (unpaired) electrons. The number of rotatable bonds is 7. The summed E-state index contributed by atoms with van der Waals surface area (Å²) in [6.45, 7) is 1.46. The number of carbonyl (C=O) groups excluding carboxylic acids is 2. The van der Waals surface area contributed by atoms with Gasteiger partial charge in [0.15, 0.2) is 11.6 Å². The molecule has 3 rings (SSSR count). The molecule has 1 fully saturated rings. The molecule has 1 aliphatic heterocycles. The van der Waals surface area contributed by atoms with E-state index in [4.69, 9.17) is 4.74 Å². The maximum atomic E-state index is 13.4. The van der Waals surface area contributed by atoms with Crippen LogP contribution in [0.5, 0.6) is 5.75 Å². The lowest BCUT2D eigenvalue weighted by atomic mass is 10.2. The molecule has 0 aromatic heterocycles. The summed E-state index contributed by atoms with van der Waals surface area (Å²) in [6.07, 6.45) is 0.720. The molecule has 0 bridgehead atoms. The second-order valence-electron chi connectivity index (χ2n) is 5.86. The van der Waals surface area contributed by atoms with Crippen LogP contribution in [-0.4, -0.2) is 31.6 Å². The molecule has 0 spiro atoms. The van der Waals surface area contributed by atoms with E-state index in [2.05, 4.69) is 10.6 Å². The predicted octanol–water partition coefficient (Wildman–Crippen LogP) is 3.15. The first-order valence-corrected chi connectivity index (χ1v) is 8.46. The van der Waals surface area contributed by atoms with Crippen molar-refractivity contribution in [2.24, 2.45) is 0 Å². The van der Waals surface area contributed by atoms with Crippen molar-refractivity contribution in [3.05, 3.63) is 54.3 Å². The van der Waals surface area contributed by atoms with Crippen LogP contribution in [-0.2, 0) is 4.79 Å². The second kappa shape index (κ2) is 8.33. The van der Waals surface area contributed by atoms with Crippen molar-refractivity contribution >= 4 is 23.3 Å². The molecule has 2 aromatic rings. The zero-order chi connectivity index (χ0) is 18.4. The van der Waals surface area contributed by atoms with E-state index in [9.17, 15) is 14.0 Å². The van der Waals surface area contributed by atoms with Crippen molar-refractivity contribution in [3.63, 3.8) is 0 Å². The van der Waals surface area contributed by atoms with E-state index < -0.39 is 5.82 Å². The van der Waals surface area contributed by atoms with E-state index >= 15 is 0 Å². The van der Waals surface area contributed by atoms with Crippen molar-refractivity contribution < 1.29 is 18.7 Å². The van der Waals surface area contributed by atoms with Crippen molar-refractivity contribution in [1.82, 2.24) is 5.32 Å². The number of para-hydroxylation sites is 1. The van der Waals surface area contributed by atoms with Gasteiger partial charge in [0.2, 0.25) is 5.91 Å². The molecule has 0 atom stereocenters. The van der Waals surface area contributed by atoms with Gasteiger partial charge in [-0.15, -0.1) is 0 Å². The normalized spacial score (nSPS) is 13.4. The average molecular weight is 357 g/mol. The summed E-state index contributed by atoms with van der Waals surface area (Å²) < 4.78 is 18.7. The van der Waals surface area contributed by atoms with Crippen LogP contribution in [0, 0.1) is 5.82 Å². The van der Waals surface area contributed by atoms with Gasteiger partial charge in [0, 0.05) is 30.9 Å². The summed E-state index contributed by atoms with van der Waals surface area (Å²) in [7, 11) is 0. The fraction of sp³-hybridized carbons (Fsp3) is 0.263. The molecule has 0 unspecified atom stereocenters. The molecule has 3 amide bonds. The molecule has 0 saturated carbocycles. The molecule has 136 valence electrons. The lowest BCUT2D eigenvalue weighted by Gasteiger charge is -2.15. The van der Waals surface area contributed by atoms with Crippen LogP contribution in [0.25, 0.3) is 0 Å². The zero-order valence-corrected chi connectivity index (χ0v) is 14.2. The third kappa shape index (κ3) is 4.50. The fourth-order valence-corrected chi connectivity index (χ4v) is 2.67. The number of ether oxygens (including phenoxy) is 1. The van der Waals surface area contributed by atoms with Gasteiger partial charge in [-0.2, -0.15) is 0 Å². The minimum Gasteiger partial charge on any atom is -0.491 e. The van der Waals surface area contributed by atoms with E-state index in [0.717, 1.165) is 5.69 Å². The SMILES string of the molecule is O=C(CCCOc1ccccc1F)Nc1cccc(N2CCNC2=O)c1. The first kappa shape index (κ1) is 17.7. The Bertz CT molecular complexity index is 797. The van der Waals surface area contributed by atoms with Gasteiger partial charge in [0.1, 0.15) is 0 Å². The second-order valence-corrected chi connectivity index (χ2v) is 5.86. The van der Waals surface area contributed by atoms with Crippen LogP contribution < -0.4 is 20.3 Å². The molecule has 0 aliphatic carbocycles. The highest BCUT2D eigenvalue weighted by molar-refractivity contribution is 5.96. The molecular formula is C19H20FN3O3. The van der Waals surface area contributed by atoms with Gasteiger partial charge in [-0.05, 0) is 36.8 Å². The average Bonchev–Trinajstić information content (AvgIpc) is 3.06. The molecule has 6 nitrogen and oxygen atoms in total. The first-order chi connectivity index (χ1) is 12.6. The van der Waals surface area contributed by atoms with Crippen molar-refractivity contribution in [3.8, 4) is 5.75 Å². The number of carbonyl (C=O) groups is 2. The number of anilines is 2. The predicted molar refractivity (Wildman–Crippen MR) is 96.9 cm³/mol. The maximum absolute atomic E-state index is 13.4. The number of nitrogens with zero attached hydrogens (tertiary/aromatic N) is 1. The third-order valence-corrected chi connectivity index (χ3v) is 3.94. The summed E-state index contributed by atoms with van der Waals surface area (Å²) in [6, 6.07) is 13.2. The van der Waals surface area contributed by atoms with Crippen LogP contribution in [0.2, 0.25) is 0 Å². The standard InChI is InChI=1S/C19H20FN3O3/c20-16-7-1-2-8-17(16)26-12-4-9-18(24)22-14-5-3-6-15(13-14)23-11-10-21-19(23)25/h1-3,5-8,13H,4,9-12H2,(H,21,25)(H,22,24). The number of hydrogen-bond donors (Lipinski definition) is 2. The van der Waals surface area contributed by atoms with Gasteiger partial charge in [-0.1, -0.05) is 18.2 Å². The smallest absolute Gasteiger partial charge is 0.321 e. The summed E-state index contributed by atoms with van der Waals surface area (Å²) >= 11 is 0. The number of urea groups is 1. The van der Waals surface area contributed by atoms with Gasteiger partial charge >= 0.3 is 6.03 Å². The number of halogens is 1. The summed E-state index contributed by atoms with van der Waals surface area (Å²) in [5.41, 5.74) is 1.36. The van der Waals surface area contributed by atoms with E-state index in [1.807, 2.05) is 6.07 Å². The van der Waals surface area contributed by atoms with Crippen LogP contribution in [0.1, 0.15) is 12.8 Å². The Hall–Kier alpha value is -3.09. The Morgan fingerprint density at radius 2 is 2.08 bits per heavy atom. The highest BCUT2D eigenvalue weighted by atomic mass is 19.1. The number of benzene rings is 2. The van der Waals surface area contributed by atoms with Crippen LogP contribution in [0.3, 0.4) is 0 Å². The lowest BCUT2D eigenvalue weighted by Crippen LogP contribution is -2.27. The largest absolute Gasteiger partial charge is 0.491 e. The molecule has 1 heterocycles. The number of nitrogens with one attached hydrogen (secondary N) is 2. The van der Waals surface area contributed by atoms with Gasteiger partial charge in [0.05, 0.1) is 6.61 Å². The van der Waals surface area contributed by atoms with Gasteiger partial charge in [-0.25, -0.2) is 9.18 Å². The molecule has 1 aliphatic rings. The minimum absolute atomic E-state index is 0.140. The zero-order valence-electron chi connectivity index (χ0n) is 14.2. The fourth-order valence-electron chi connectivity index (χ4n) is 2.67. The Kier molecular flexibility index (Phi) is 5.68. The maximum Gasteiger partial charge on any atom is 0.321 e. The van der Waals surface area contributed by atoms with Crippen LogP contribution >= 0.6 is 0 Å². The van der Waals surface area contributed by atoms with Crippen molar-refractivity contribution in [2.45, 2.75) is 12.8 Å². The summed E-state index contributed by atoms with van der Waals surface area (Å²) in [4.78, 5) is 25.4. The topological polar surface area (TPSA) is 70.7 Å². The van der Waals surface area contributed by atoms with Crippen LogP contribution in [0.4, 0.5) is 20.6 Å². The number of hydrogen-bond acceptors (Lipinski definition) is 3. The number of amides is 3. The van der Waals surface area contributed by atoms with E-state index in [1.54, 1.807) is 41.3 Å². The Balaban J connectivity index is 1.46. The molecule has 1 saturated heterocycles. The van der Waals surface area contributed by atoms with E-state index in [1.165, 1.54) is 6.07 Å². The molecule has 26 heavy (non-hydrogen) atoms. The Morgan fingerprint density at radius 3 is 2.85 bits per heavy atom. The lowest BCUT2D eigenvalue weighted by molar-refractivity contribution is -0.116. The first-order valence-electron chi connectivity index (χ1n) is 8.46. The van der Waals surface area contributed by atoms with Crippen molar-refractivity contribution in [1.29, 1.82) is 0 Å². The van der Waals surface area contributed by atoms with E-state index in [0.29, 0.717) is 25.2 Å². The highest BCUT2D eigenvalue weighted by Crippen LogP contribution is 2.21. The van der Waals surface area contributed by atoms with Crippen molar-refractivity contribution in [2.75, 3.05) is 29.9 Å². The monoisotopic (exact) mass is 357 g/mol. The molecular weight excluding hydrogens is 337 g/mol. The highest BCUT2D eigenvalue weighted by Gasteiger charge is 2.21. The molecule has 2 N–H and O–H groups in total. The Morgan fingerprint density at radius 1 is 1.23 bits per heavy atom. The molecule has 2 aromatic carbocycles. The van der Waals surface area contributed by atoms with Gasteiger partial charge < -0.3 is 15.4 Å². The van der Waals surface area contributed by atoms with Gasteiger partial charge in [0.25, 0.3) is 0 Å². The summed E-state index contributed by atoms with van der Waals surface area (Å²) in [5.74, 6) is -0.394. The van der Waals surface area contributed by atoms with Crippen LogP contribution in [0.15, 0.2) is 48.5 Å². The van der Waals surface area contributed by atoms with E-state index in [-0.39, 0.29) is 30.7 Å². The minimum atomic E-state index is -0.417. The summed E-state index contributed by atoms with van der Waals surface area (Å²) in [5, 5.41) is 5.54.